The molecule has 2 aromatic carbocycles. The van der Waals surface area contributed by atoms with E-state index >= 15 is 0 Å². The van der Waals surface area contributed by atoms with Crippen molar-refractivity contribution in [2.24, 2.45) is 0 Å². The van der Waals surface area contributed by atoms with Crippen molar-refractivity contribution in [3.8, 4) is 17.0 Å². The van der Waals surface area contributed by atoms with Crippen LogP contribution >= 0.6 is 0 Å². The Morgan fingerprint density at radius 2 is 1.93 bits per heavy atom. The standard InChI is InChI=1S/C21H15F3N4O2/c1-11-18(27-21-25-7-4-8-28(11)21)12-5-3-6-13(9-12)26-20(29)14-10-15(22)17(24)19(30-2)16(14)23/h3-10H,1-2H3,(H,26,29). The van der Waals surface area contributed by atoms with E-state index < -0.39 is 34.7 Å². The molecule has 0 unspecified atom stereocenters. The molecule has 9 heteroatoms. The predicted molar refractivity (Wildman–Crippen MR) is 104 cm³/mol. The number of aromatic nitrogens is 3. The second-order valence-corrected chi connectivity index (χ2v) is 6.44. The van der Waals surface area contributed by atoms with Gasteiger partial charge >= 0.3 is 0 Å². The van der Waals surface area contributed by atoms with Gasteiger partial charge in [-0.15, -0.1) is 0 Å². The van der Waals surface area contributed by atoms with Crippen LogP contribution in [0.25, 0.3) is 17.0 Å². The number of carbonyl (C=O) groups excluding carboxylic acids is 1. The number of hydrogen-bond acceptors (Lipinski definition) is 4. The number of amides is 1. The van der Waals surface area contributed by atoms with Crippen molar-refractivity contribution in [1.82, 2.24) is 14.4 Å². The van der Waals surface area contributed by atoms with E-state index in [2.05, 4.69) is 20.0 Å². The molecule has 6 nitrogen and oxygen atoms in total. The number of methoxy groups -OCH3 is 1. The van der Waals surface area contributed by atoms with Gasteiger partial charge in [-0.05, 0) is 31.2 Å². The Labute approximate surface area is 169 Å². The van der Waals surface area contributed by atoms with Gasteiger partial charge in [0.2, 0.25) is 11.6 Å². The van der Waals surface area contributed by atoms with E-state index in [1.165, 1.54) is 0 Å². The van der Waals surface area contributed by atoms with Gasteiger partial charge in [-0.2, -0.15) is 4.39 Å². The molecule has 0 saturated heterocycles. The van der Waals surface area contributed by atoms with Crippen LogP contribution in [0.5, 0.6) is 5.75 Å². The molecule has 0 saturated carbocycles. The third-order valence-corrected chi connectivity index (χ3v) is 4.60. The molecule has 2 aromatic heterocycles. The second-order valence-electron chi connectivity index (χ2n) is 6.44. The summed E-state index contributed by atoms with van der Waals surface area (Å²) in [6.07, 6.45) is 3.46. The summed E-state index contributed by atoms with van der Waals surface area (Å²) in [7, 11) is 0.984. The van der Waals surface area contributed by atoms with E-state index in [1.54, 1.807) is 36.5 Å². The van der Waals surface area contributed by atoms with Gasteiger partial charge < -0.3 is 10.1 Å². The molecule has 0 spiro atoms. The maximum Gasteiger partial charge on any atom is 0.258 e. The molecule has 4 aromatic rings. The number of benzene rings is 2. The molecule has 0 fully saturated rings. The summed E-state index contributed by atoms with van der Waals surface area (Å²) >= 11 is 0. The molecule has 152 valence electrons. The highest BCUT2D eigenvalue weighted by Gasteiger charge is 2.24. The number of hydrogen-bond donors (Lipinski definition) is 1. The second kappa shape index (κ2) is 7.51. The zero-order valence-corrected chi connectivity index (χ0v) is 15.9. The van der Waals surface area contributed by atoms with Crippen molar-refractivity contribution in [2.75, 3.05) is 12.4 Å². The number of fused-ring (bicyclic) bond motifs is 1. The van der Waals surface area contributed by atoms with Gasteiger partial charge in [0.1, 0.15) is 0 Å². The monoisotopic (exact) mass is 412 g/mol. The Kier molecular flexibility index (Phi) is 4.86. The number of nitrogens with one attached hydrogen (secondary N) is 1. The van der Waals surface area contributed by atoms with Crippen LogP contribution in [0.2, 0.25) is 0 Å². The molecule has 0 aliphatic carbocycles. The Hall–Kier alpha value is -3.88. The van der Waals surface area contributed by atoms with Crippen molar-refractivity contribution >= 4 is 17.4 Å². The summed E-state index contributed by atoms with van der Waals surface area (Å²) in [6.45, 7) is 1.88. The third kappa shape index (κ3) is 3.24. The average Bonchev–Trinajstić information content (AvgIpc) is 3.08. The summed E-state index contributed by atoms with van der Waals surface area (Å²) in [4.78, 5) is 21.2. The SMILES string of the molecule is COc1c(F)c(F)cc(C(=O)Nc2cccc(-c3nc4ncccn4c3C)c2)c1F. The van der Waals surface area contributed by atoms with Crippen molar-refractivity contribution in [1.29, 1.82) is 0 Å². The van der Waals surface area contributed by atoms with Gasteiger partial charge in [0, 0.05) is 29.3 Å². The summed E-state index contributed by atoms with van der Waals surface area (Å²) in [5.74, 6) is -5.55. The molecular weight excluding hydrogens is 397 g/mol. The lowest BCUT2D eigenvalue weighted by Crippen LogP contribution is -2.15. The minimum atomic E-state index is -1.50. The number of nitrogens with zero attached hydrogens (tertiary/aromatic N) is 3. The summed E-state index contributed by atoms with van der Waals surface area (Å²) in [5.41, 5.74) is 1.84. The maximum absolute atomic E-state index is 14.4. The number of imidazole rings is 1. The molecule has 1 N–H and O–H groups in total. The molecule has 2 heterocycles. The molecular formula is C21H15F3N4O2. The van der Waals surface area contributed by atoms with E-state index in [4.69, 9.17) is 0 Å². The largest absolute Gasteiger partial charge is 0.491 e. The lowest BCUT2D eigenvalue weighted by atomic mass is 10.1. The van der Waals surface area contributed by atoms with E-state index in [0.29, 0.717) is 28.8 Å². The third-order valence-electron chi connectivity index (χ3n) is 4.60. The van der Waals surface area contributed by atoms with Gasteiger partial charge in [-0.1, -0.05) is 12.1 Å². The highest BCUT2D eigenvalue weighted by atomic mass is 19.2. The highest BCUT2D eigenvalue weighted by Crippen LogP contribution is 2.29. The van der Waals surface area contributed by atoms with E-state index in [1.807, 2.05) is 17.5 Å². The summed E-state index contributed by atoms with van der Waals surface area (Å²) < 4.78 is 48.1. The number of aryl methyl sites for hydroxylation is 1. The van der Waals surface area contributed by atoms with E-state index in [0.717, 1.165) is 12.8 Å². The molecule has 4 rings (SSSR count). The molecule has 0 aliphatic heterocycles. The molecule has 0 radical (unpaired) electrons. The van der Waals surface area contributed by atoms with Crippen molar-refractivity contribution in [2.45, 2.75) is 6.92 Å². The predicted octanol–water partition coefficient (Wildman–Crippen LogP) is 4.38. The van der Waals surface area contributed by atoms with Gasteiger partial charge in [0.25, 0.3) is 5.91 Å². The Morgan fingerprint density at radius 1 is 1.13 bits per heavy atom. The molecule has 0 atom stereocenters. The topological polar surface area (TPSA) is 68.5 Å². The zero-order valence-electron chi connectivity index (χ0n) is 15.9. The smallest absolute Gasteiger partial charge is 0.258 e. The number of anilines is 1. The van der Waals surface area contributed by atoms with Crippen molar-refractivity contribution < 1.29 is 22.7 Å². The van der Waals surface area contributed by atoms with Gasteiger partial charge in [-0.3, -0.25) is 9.20 Å². The van der Waals surface area contributed by atoms with E-state index in [-0.39, 0.29) is 0 Å². The van der Waals surface area contributed by atoms with Crippen LogP contribution in [-0.4, -0.2) is 27.4 Å². The summed E-state index contributed by atoms with van der Waals surface area (Å²) in [5, 5.41) is 2.49. The minimum absolute atomic E-state index is 0.324. The van der Waals surface area contributed by atoms with Crippen LogP contribution in [0, 0.1) is 24.4 Å². The highest BCUT2D eigenvalue weighted by molar-refractivity contribution is 6.05. The number of ether oxygens (including phenoxy) is 1. The summed E-state index contributed by atoms with van der Waals surface area (Å²) in [6, 6.07) is 8.98. The Balaban J connectivity index is 1.68. The molecule has 1 amide bonds. The quantitative estimate of drug-likeness (QED) is 0.505. The number of halogens is 3. The van der Waals surface area contributed by atoms with Crippen LogP contribution in [0.3, 0.4) is 0 Å². The van der Waals surface area contributed by atoms with Crippen molar-refractivity contribution in [3.63, 3.8) is 0 Å². The first-order valence-corrected chi connectivity index (χ1v) is 8.83. The maximum atomic E-state index is 14.4. The van der Waals surface area contributed by atoms with Crippen LogP contribution in [-0.2, 0) is 0 Å². The normalized spacial score (nSPS) is 11.0. The van der Waals surface area contributed by atoms with Crippen LogP contribution in [0.4, 0.5) is 18.9 Å². The molecule has 0 bridgehead atoms. The number of carbonyl (C=O) groups is 1. The van der Waals surface area contributed by atoms with Crippen LogP contribution < -0.4 is 10.1 Å². The Morgan fingerprint density at radius 3 is 2.67 bits per heavy atom. The zero-order chi connectivity index (χ0) is 21.4. The number of rotatable bonds is 4. The Bertz CT molecular complexity index is 1290. The van der Waals surface area contributed by atoms with E-state index in [9.17, 15) is 18.0 Å². The van der Waals surface area contributed by atoms with Gasteiger partial charge in [0.05, 0.1) is 18.4 Å². The minimum Gasteiger partial charge on any atom is -0.491 e. The molecule has 0 aliphatic rings. The van der Waals surface area contributed by atoms with Crippen molar-refractivity contribution in [3.05, 3.63) is 77.5 Å². The van der Waals surface area contributed by atoms with Gasteiger partial charge in [-0.25, -0.2) is 18.7 Å². The fourth-order valence-electron chi connectivity index (χ4n) is 3.14. The first kappa shape index (κ1) is 19.4. The average molecular weight is 412 g/mol. The van der Waals surface area contributed by atoms with Crippen LogP contribution in [0.15, 0.2) is 48.8 Å². The lowest BCUT2D eigenvalue weighted by Gasteiger charge is -2.11. The first-order valence-electron chi connectivity index (χ1n) is 8.83. The lowest BCUT2D eigenvalue weighted by molar-refractivity contribution is 0.102. The molecule has 30 heavy (non-hydrogen) atoms. The fraction of sp³-hybridized carbons (Fsp3) is 0.0952. The van der Waals surface area contributed by atoms with Crippen LogP contribution in [0.1, 0.15) is 16.1 Å². The first-order chi connectivity index (χ1) is 14.4. The van der Waals surface area contributed by atoms with Gasteiger partial charge in [0.15, 0.2) is 17.4 Å². The fourth-order valence-corrected chi connectivity index (χ4v) is 3.14.